The molecule has 8 heteroatoms. The minimum atomic E-state index is 0.0490. The molecule has 27 heavy (non-hydrogen) atoms. The third-order valence-corrected chi connectivity index (χ3v) is 4.77. The van der Waals surface area contributed by atoms with Gasteiger partial charge in [0.15, 0.2) is 0 Å². The summed E-state index contributed by atoms with van der Waals surface area (Å²) < 4.78 is 7.44. The van der Waals surface area contributed by atoms with Crippen molar-refractivity contribution in [1.29, 1.82) is 0 Å². The van der Waals surface area contributed by atoms with E-state index in [0.29, 0.717) is 18.9 Å². The zero-order chi connectivity index (χ0) is 19.1. The topological polar surface area (TPSA) is 96.9 Å². The van der Waals surface area contributed by atoms with Gasteiger partial charge in [-0.3, -0.25) is 9.69 Å². The first kappa shape index (κ1) is 19.0. The molecule has 146 valence electrons. The number of phenols is 1. The summed E-state index contributed by atoms with van der Waals surface area (Å²) in [5.41, 5.74) is 6.06. The second-order valence-electron chi connectivity index (χ2n) is 6.70. The van der Waals surface area contributed by atoms with Gasteiger partial charge in [0.1, 0.15) is 23.7 Å². The van der Waals surface area contributed by atoms with Gasteiger partial charge < -0.3 is 25.0 Å². The number of unbranched alkanes of at least 4 members (excludes halogenated alkanes) is 1. The first-order valence-electron chi connectivity index (χ1n) is 9.29. The van der Waals surface area contributed by atoms with Gasteiger partial charge in [-0.15, -0.1) is 0 Å². The number of amides is 1. The van der Waals surface area contributed by atoms with Crippen LogP contribution in [0.15, 0.2) is 36.9 Å². The lowest BCUT2D eigenvalue weighted by atomic mass is 10.2. The average molecular weight is 373 g/mol. The minimum absolute atomic E-state index is 0.0490. The molecule has 0 saturated carbocycles. The first-order chi connectivity index (χ1) is 13.1. The number of hydrogen-bond donors (Lipinski definition) is 2. The van der Waals surface area contributed by atoms with Crippen LogP contribution in [0.4, 0.5) is 5.69 Å². The summed E-state index contributed by atoms with van der Waals surface area (Å²) in [6, 6.07) is 5.02. The summed E-state index contributed by atoms with van der Waals surface area (Å²) in [4.78, 5) is 20.5. The van der Waals surface area contributed by atoms with E-state index in [1.165, 1.54) is 0 Å². The van der Waals surface area contributed by atoms with Crippen molar-refractivity contribution in [1.82, 2.24) is 19.4 Å². The lowest BCUT2D eigenvalue weighted by Crippen LogP contribution is -2.49. The smallest absolute Gasteiger partial charge is 0.242 e. The van der Waals surface area contributed by atoms with E-state index in [0.717, 1.165) is 45.6 Å². The number of aromatic nitrogens is 2. The van der Waals surface area contributed by atoms with Crippen LogP contribution in [0.1, 0.15) is 12.8 Å². The van der Waals surface area contributed by atoms with Crippen LogP contribution < -0.4 is 10.5 Å². The number of phenolic OH excluding ortho intramolecular Hbond substituents is 1. The Bertz CT molecular complexity index is 727. The maximum Gasteiger partial charge on any atom is 0.242 e. The van der Waals surface area contributed by atoms with Gasteiger partial charge >= 0.3 is 0 Å². The van der Waals surface area contributed by atoms with Gasteiger partial charge in [-0.1, -0.05) is 6.07 Å². The molecule has 0 unspecified atom stereocenters. The Kier molecular flexibility index (Phi) is 6.54. The van der Waals surface area contributed by atoms with Crippen LogP contribution in [0.2, 0.25) is 0 Å². The molecule has 1 aliphatic rings. The van der Waals surface area contributed by atoms with Crippen LogP contribution in [-0.4, -0.2) is 69.7 Å². The van der Waals surface area contributed by atoms with Crippen molar-refractivity contribution in [2.24, 2.45) is 0 Å². The van der Waals surface area contributed by atoms with Gasteiger partial charge in [0.25, 0.3) is 0 Å². The van der Waals surface area contributed by atoms with E-state index in [2.05, 4.69) is 9.88 Å². The number of nitrogens with zero attached hydrogens (tertiary/aromatic N) is 4. The summed E-state index contributed by atoms with van der Waals surface area (Å²) >= 11 is 0. The largest absolute Gasteiger partial charge is 0.506 e. The Hall–Kier alpha value is -2.74. The molecule has 1 amide bonds. The molecule has 2 aromatic rings. The molecular weight excluding hydrogens is 346 g/mol. The maximum atomic E-state index is 12.3. The number of nitrogens with two attached hydrogens (primary N) is 1. The van der Waals surface area contributed by atoms with Crippen LogP contribution >= 0.6 is 0 Å². The molecule has 2 heterocycles. The highest BCUT2D eigenvalue weighted by atomic mass is 16.5. The zero-order valence-electron chi connectivity index (χ0n) is 15.5. The van der Waals surface area contributed by atoms with Gasteiger partial charge in [0.05, 0.1) is 12.9 Å². The van der Waals surface area contributed by atoms with Gasteiger partial charge in [0, 0.05) is 38.6 Å². The minimum Gasteiger partial charge on any atom is -0.506 e. The van der Waals surface area contributed by atoms with E-state index in [4.69, 9.17) is 10.5 Å². The number of ether oxygens (including phenoxy) is 1. The second-order valence-corrected chi connectivity index (χ2v) is 6.70. The zero-order valence-corrected chi connectivity index (χ0v) is 15.5. The van der Waals surface area contributed by atoms with Crippen molar-refractivity contribution in [3.63, 3.8) is 0 Å². The van der Waals surface area contributed by atoms with Crippen molar-refractivity contribution in [2.75, 3.05) is 45.1 Å². The van der Waals surface area contributed by atoms with Crippen molar-refractivity contribution in [3.05, 3.63) is 36.9 Å². The van der Waals surface area contributed by atoms with Crippen molar-refractivity contribution >= 4 is 11.6 Å². The van der Waals surface area contributed by atoms with Crippen LogP contribution in [0, 0.1) is 0 Å². The van der Waals surface area contributed by atoms with Crippen LogP contribution in [0.25, 0.3) is 0 Å². The molecular formula is C19H27N5O3. The van der Waals surface area contributed by atoms with Gasteiger partial charge in [-0.05, 0) is 31.5 Å². The van der Waals surface area contributed by atoms with Crippen LogP contribution in [0.5, 0.6) is 11.5 Å². The molecule has 1 aliphatic heterocycles. The molecule has 1 saturated heterocycles. The highest BCUT2D eigenvalue weighted by Gasteiger charge is 2.20. The number of benzene rings is 1. The highest BCUT2D eigenvalue weighted by Crippen LogP contribution is 2.29. The third-order valence-electron chi connectivity index (χ3n) is 4.77. The Morgan fingerprint density at radius 2 is 2.04 bits per heavy atom. The van der Waals surface area contributed by atoms with E-state index < -0.39 is 0 Å². The normalized spacial score (nSPS) is 15.0. The molecule has 3 rings (SSSR count). The van der Waals surface area contributed by atoms with E-state index in [9.17, 15) is 9.90 Å². The van der Waals surface area contributed by atoms with E-state index >= 15 is 0 Å². The monoisotopic (exact) mass is 373 g/mol. The lowest BCUT2D eigenvalue weighted by molar-refractivity contribution is -0.133. The summed E-state index contributed by atoms with van der Waals surface area (Å²) in [6.07, 6.45) is 7.08. The van der Waals surface area contributed by atoms with Crippen molar-refractivity contribution in [3.8, 4) is 11.5 Å². The molecule has 0 spiro atoms. The number of aromatic hydroxyl groups is 1. The number of hydrogen-bond acceptors (Lipinski definition) is 6. The summed E-state index contributed by atoms with van der Waals surface area (Å²) in [5.74, 6) is 0.720. The van der Waals surface area contributed by atoms with Crippen LogP contribution in [-0.2, 0) is 11.3 Å². The highest BCUT2D eigenvalue weighted by molar-refractivity contribution is 5.76. The van der Waals surface area contributed by atoms with Crippen LogP contribution in [0.3, 0.4) is 0 Å². The summed E-state index contributed by atoms with van der Waals surface area (Å²) in [7, 11) is 0. The second kappa shape index (κ2) is 9.27. The number of anilines is 1. The van der Waals surface area contributed by atoms with Crippen molar-refractivity contribution in [2.45, 2.75) is 19.4 Å². The fourth-order valence-electron chi connectivity index (χ4n) is 3.14. The van der Waals surface area contributed by atoms with Gasteiger partial charge in [0.2, 0.25) is 5.91 Å². The summed E-state index contributed by atoms with van der Waals surface area (Å²) in [6.45, 7) is 5.24. The first-order valence-corrected chi connectivity index (χ1v) is 9.29. The fraction of sp³-hybridized carbons (Fsp3) is 0.474. The van der Waals surface area contributed by atoms with E-state index in [1.807, 2.05) is 4.90 Å². The van der Waals surface area contributed by atoms with Crippen molar-refractivity contribution < 1.29 is 14.6 Å². The predicted octanol–water partition coefficient (Wildman–Crippen LogP) is 1.17. The standard InChI is InChI=1S/C19H27N5O3/c20-19-16(25)4-3-5-17(19)27-13-2-1-7-22-9-11-24(12-10-22)18(26)14-23-8-6-21-15-23/h3-6,8,15,25H,1-2,7,9-14,20H2. The number of para-hydroxylation sites is 1. The quantitative estimate of drug-likeness (QED) is 0.410. The van der Waals surface area contributed by atoms with E-state index in [1.54, 1.807) is 41.5 Å². The number of carbonyl (C=O) groups is 1. The SMILES string of the molecule is Nc1c(O)cccc1OCCCCN1CCN(C(=O)Cn2ccnc2)CC1. The van der Waals surface area contributed by atoms with Gasteiger partial charge in [-0.2, -0.15) is 0 Å². The molecule has 3 N–H and O–H groups in total. The number of rotatable bonds is 8. The number of nitrogen functional groups attached to an aromatic ring is 1. The Labute approximate surface area is 159 Å². The Morgan fingerprint density at radius 1 is 1.22 bits per heavy atom. The predicted molar refractivity (Wildman–Crippen MR) is 102 cm³/mol. The molecule has 1 aromatic carbocycles. The summed E-state index contributed by atoms with van der Waals surface area (Å²) in [5, 5.41) is 9.56. The molecule has 0 bridgehead atoms. The molecule has 1 fully saturated rings. The molecule has 1 aromatic heterocycles. The van der Waals surface area contributed by atoms with Gasteiger partial charge in [-0.25, -0.2) is 4.98 Å². The maximum absolute atomic E-state index is 12.3. The molecule has 0 aliphatic carbocycles. The molecule has 0 radical (unpaired) electrons. The number of piperazine rings is 1. The fourth-order valence-corrected chi connectivity index (χ4v) is 3.14. The lowest BCUT2D eigenvalue weighted by Gasteiger charge is -2.34. The number of imidazole rings is 1. The molecule has 0 atom stereocenters. The average Bonchev–Trinajstić information content (AvgIpc) is 3.18. The third kappa shape index (κ3) is 5.37. The Balaban J connectivity index is 1.29. The number of carbonyl (C=O) groups excluding carboxylic acids is 1. The van der Waals surface area contributed by atoms with E-state index in [-0.39, 0.29) is 17.3 Å². The molecule has 8 nitrogen and oxygen atoms in total. The Morgan fingerprint density at radius 3 is 2.78 bits per heavy atom.